The lowest BCUT2D eigenvalue weighted by molar-refractivity contribution is -0.137. The smallest absolute Gasteiger partial charge is 0.325 e. The van der Waals surface area contributed by atoms with Gasteiger partial charge >= 0.3 is 5.97 Å². The van der Waals surface area contributed by atoms with E-state index in [2.05, 4.69) is 10.4 Å². The molecule has 1 rings (SSSR count). The molecule has 0 spiro atoms. The van der Waals surface area contributed by atoms with Crippen molar-refractivity contribution in [1.82, 2.24) is 15.1 Å². The summed E-state index contributed by atoms with van der Waals surface area (Å²) >= 11 is 0. The summed E-state index contributed by atoms with van der Waals surface area (Å²) in [6.45, 7) is -0.239. The number of carboxylic acid groups (broad SMARTS) is 1. The van der Waals surface area contributed by atoms with Gasteiger partial charge in [-0.1, -0.05) is 0 Å². The second kappa shape index (κ2) is 3.70. The Kier molecular flexibility index (Phi) is 2.63. The first-order valence-electron chi connectivity index (χ1n) is 3.60. The van der Waals surface area contributed by atoms with E-state index in [1.807, 2.05) is 0 Å². The van der Waals surface area contributed by atoms with Crippen molar-refractivity contribution in [2.45, 2.75) is 6.54 Å². The van der Waals surface area contributed by atoms with Crippen LogP contribution in [-0.2, 0) is 11.3 Å². The molecule has 0 saturated heterocycles. The predicted molar refractivity (Wildman–Crippen MR) is 43.3 cm³/mol. The first kappa shape index (κ1) is 9.24. The van der Waals surface area contributed by atoms with E-state index < -0.39 is 5.97 Å². The molecule has 6 nitrogen and oxygen atoms in total. The van der Waals surface area contributed by atoms with Gasteiger partial charge in [0.15, 0.2) is 0 Å². The summed E-state index contributed by atoms with van der Waals surface area (Å²) in [6, 6.07) is 0. The fraction of sp³-hybridized carbons (Fsp3) is 0.286. The molecule has 0 aliphatic rings. The number of carboxylic acids is 1. The number of aromatic nitrogens is 2. The maximum Gasteiger partial charge on any atom is 0.325 e. The van der Waals surface area contributed by atoms with E-state index in [1.54, 1.807) is 0 Å². The first-order chi connectivity index (χ1) is 6.13. The molecule has 2 N–H and O–H groups in total. The van der Waals surface area contributed by atoms with E-state index in [0.717, 1.165) is 0 Å². The lowest BCUT2D eigenvalue weighted by atomic mass is 10.3. The van der Waals surface area contributed by atoms with Crippen LogP contribution in [0, 0.1) is 0 Å². The maximum absolute atomic E-state index is 11.0. The molecule has 70 valence electrons. The second-order valence-corrected chi connectivity index (χ2v) is 2.40. The highest BCUT2D eigenvalue weighted by atomic mass is 16.4. The lowest BCUT2D eigenvalue weighted by Crippen LogP contribution is -2.17. The molecule has 0 bridgehead atoms. The number of aliphatic carboxylic acids is 1. The van der Waals surface area contributed by atoms with Gasteiger partial charge in [0.25, 0.3) is 5.91 Å². The number of amides is 1. The van der Waals surface area contributed by atoms with Crippen molar-refractivity contribution in [3.05, 3.63) is 18.0 Å². The van der Waals surface area contributed by atoms with Gasteiger partial charge in [0, 0.05) is 13.2 Å². The summed E-state index contributed by atoms with van der Waals surface area (Å²) in [5.74, 6) is -1.27. The lowest BCUT2D eigenvalue weighted by Gasteiger charge is -1.94. The van der Waals surface area contributed by atoms with Gasteiger partial charge in [0.2, 0.25) is 0 Å². The Morgan fingerprint density at radius 2 is 2.38 bits per heavy atom. The molecular weight excluding hydrogens is 174 g/mol. The molecule has 1 amide bonds. The van der Waals surface area contributed by atoms with Crippen LogP contribution in [0.25, 0.3) is 0 Å². The average Bonchev–Trinajstić information content (AvgIpc) is 2.50. The molecular formula is C7H9N3O3. The van der Waals surface area contributed by atoms with Crippen molar-refractivity contribution >= 4 is 11.9 Å². The quantitative estimate of drug-likeness (QED) is 0.650. The number of carbonyl (C=O) groups excluding carboxylic acids is 1. The minimum atomic E-state index is -0.994. The summed E-state index contributed by atoms with van der Waals surface area (Å²) in [5, 5.41) is 14.5. The van der Waals surface area contributed by atoms with Crippen molar-refractivity contribution in [3.8, 4) is 0 Å². The molecule has 0 radical (unpaired) electrons. The highest BCUT2D eigenvalue weighted by Crippen LogP contribution is 1.96. The number of nitrogens with one attached hydrogen (secondary N) is 1. The Balaban J connectivity index is 2.74. The molecule has 0 fully saturated rings. The fourth-order valence-electron chi connectivity index (χ4n) is 0.850. The Labute approximate surface area is 74.2 Å². The van der Waals surface area contributed by atoms with Gasteiger partial charge in [-0.05, 0) is 0 Å². The fourth-order valence-corrected chi connectivity index (χ4v) is 0.850. The van der Waals surface area contributed by atoms with Gasteiger partial charge in [-0.25, -0.2) is 0 Å². The normalized spacial score (nSPS) is 9.62. The topological polar surface area (TPSA) is 84.2 Å². The summed E-state index contributed by atoms with van der Waals surface area (Å²) < 4.78 is 1.19. The van der Waals surface area contributed by atoms with Gasteiger partial charge in [-0.3, -0.25) is 14.3 Å². The van der Waals surface area contributed by atoms with Crippen LogP contribution >= 0.6 is 0 Å². The largest absolute Gasteiger partial charge is 0.480 e. The van der Waals surface area contributed by atoms with Crippen LogP contribution in [0.4, 0.5) is 0 Å². The molecule has 0 aliphatic heterocycles. The third-order valence-electron chi connectivity index (χ3n) is 1.42. The molecule has 1 aromatic heterocycles. The molecule has 0 aromatic carbocycles. The highest BCUT2D eigenvalue weighted by Gasteiger charge is 2.07. The summed E-state index contributed by atoms with van der Waals surface area (Å²) in [5.41, 5.74) is 0.351. The molecule has 6 heteroatoms. The Morgan fingerprint density at radius 1 is 1.69 bits per heavy atom. The van der Waals surface area contributed by atoms with Crippen LogP contribution < -0.4 is 5.32 Å². The Hall–Kier alpha value is -1.85. The molecule has 1 heterocycles. The average molecular weight is 183 g/mol. The van der Waals surface area contributed by atoms with E-state index in [1.165, 1.54) is 24.1 Å². The van der Waals surface area contributed by atoms with Gasteiger partial charge in [-0.15, -0.1) is 0 Å². The zero-order valence-electron chi connectivity index (χ0n) is 7.02. The van der Waals surface area contributed by atoms with Crippen molar-refractivity contribution in [3.63, 3.8) is 0 Å². The zero-order valence-corrected chi connectivity index (χ0v) is 7.02. The Morgan fingerprint density at radius 3 is 2.92 bits per heavy atom. The number of nitrogens with zero attached hydrogens (tertiary/aromatic N) is 2. The van der Waals surface area contributed by atoms with Gasteiger partial charge in [0.1, 0.15) is 6.54 Å². The number of hydrogen-bond donors (Lipinski definition) is 2. The zero-order chi connectivity index (χ0) is 9.84. The molecule has 13 heavy (non-hydrogen) atoms. The number of hydrogen-bond acceptors (Lipinski definition) is 3. The molecule has 0 unspecified atom stereocenters. The standard InChI is InChI=1S/C7H9N3O3/c1-8-7(13)5-2-9-10(3-5)4-6(11)12/h2-3H,4H2,1H3,(H,8,13)(H,11,12). The van der Waals surface area contributed by atoms with Crippen LogP contribution in [0.5, 0.6) is 0 Å². The third-order valence-corrected chi connectivity index (χ3v) is 1.42. The van der Waals surface area contributed by atoms with Gasteiger partial charge in [-0.2, -0.15) is 5.10 Å². The van der Waals surface area contributed by atoms with Crippen molar-refractivity contribution in [2.24, 2.45) is 0 Å². The van der Waals surface area contributed by atoms with E-state index in [4.69, 9.17) is 5.11 Å². The van der Waals surface area contributed by atoms with Crippen molar-refractivity contribution in [2.75, 3.05) is 7.05 Å². The molecule has 0 aliphatic carbocycles. The van der Waals surface area contributed by atoms with E-state index in [9.17, 15) is 9.59 Å². The maximum atomic E-state index is 11.0. The van der Waals surface area contributed by atoms with Crippen LogP contribution in [0.2, 0.25) is 0 Å². The van der Waals surface area contributed by atoms with Gasteiger partial charge in [0.05, 0.1) is 11.8 Å². The number of rotatable bonds is 3. The van der Waals surface area contributed by atoms with Crippen LogP contribution in [0.3, 0.4) is 0 Å². The van der Waals surface area contributed by atoms with Crippen LogP contribution in [0.15, 0.2) is 12.4 Å². The SMILES string of the molecule is CNC(=O)c1cnn(CC(=O)O)c1. The molecule has 1 aromatic rings. The monoisotopic (exact) mass is 183 g/mol. The molecule has 0 saturated carbocycles. The minimum Gasteiger partial charge on any atom is -0.480 e. The van der Waals surface area contributed by atoms with E-state index >= 15 is 0 Å². The van der Waals surface area contributed by atoms with Crippen LogP contribution in [-0.4, -0.2) is 33.8 Å². The van der Waals surface area contributed by atoms with E-state index in [0.29, 0.717) is 5.56 Å². The second-order valence-electron chi connectivity index (χ2n) is 2.40. The van der Waals surface area contributed by atoms with Crippen molar-refractivity contribution < 1.29 is 14.7 Å². The summed E-state index contributed by atoms with van der Waals surface area (Å²) in [6.07, 6.45) is 2.70. The number of carbonyl (C=O) groups is 2. The minimum absolute atomic E-state index is 0.239. The first-order valence-corrected chi connectivity index (χ1v) is 3.60. The Bertz CT molecular complexity index is 331. The van der Waals surface area contributed by atoms with Crippen molar-refractivity contribution in [1.29, 1.82) is 0 Å². The van der Waals surface area contributed by atoms with Gasteiger partial charge < -0.3 is 10.4 Å². The highest BCUT2D eigenvalue weighted by molar-refractivity contribution is 5.93. The third kappa shape index (κ3) is 2.29. The molecule has 0 atom stereocenters. The van der Waals surface area contributed by atoms with Crippen LogP contribution in [0.1, 0.15) is 10.4 Å². The summed E-state index contributed by atoms with van der Waals surface area (Å²) in [4.78, 5) is 21.3. The summed E-state index contributed by atoms with van der Waals surface area (Å²) in [7, 11) is 1.50. The van der Waals surface area contributed by atoms with E-state index in [-0.39, 0.29) is 12.5 Å². The predicted octanol–water partition coefficient (Wildman–Crippen LogP) is -0.673.